The van der Waals surface area contributed by atoms with Gasteiger partial charge >= 0.3 is 5.97 Å². The molecule has 1 aliphatic heterocycles. The standard InChI is InChI=1S/C11H21NO2/c1-3-4-10-5-7-12(8-6-10)9-11(13)14-2/h10H,3-9H2,1-2H3. The molecule has 0 aromatic rings. The number of ether oxygens (including phenoxy) is 1. The van der Waals surface area contributed by atoms with E-state index in [2.05, 4.69) is 16.6 Å². The molecule has 0 atom stereocenters. The third-order valence-corrected chi connectivity index (χ3v) is 2.98. The van der Waals surface area contributed by atoms with Gasteiger partial charge in [0.25, 0.3) is 0 Å². The highest BCUT2D eigenvalue weighted by Crippen LogP contribution is 2.21. The fourth-order valence-corrected chi connectivity index (χ4v) is 2.09. The van der Waals surface area contributed by atoms with Crippen LogP contribution in [-0.4, -0.2) is 37.6 Å². The molecule has 0 aliphatic carbocycles. The first-order chi connectivity index (χ1) is 6.76. The third kappa shape index (κ3) is 3.66. The zero-order chi connectivity index (χ0) is 10.4. The van der Waals surface area contributed by atoms with Gasteiger partial charge < -0.3 is 4.74 Å². The van der Waals surface area contributed by atoms with Gasteiger partial charge in [0, 0.05) is 0 Å². The lowest BCUT2D eigenvalue weighted by Crippen LogP contribution is -2.37. The molecule has 3 heteroatoms. The summed E-state index contributed by atoms with van der Waals surface area (Å²) in [6, 6.07) is 0. The summed E-state index contributed by atoms with van der Waals surface area (Å²) in [5.41, 5.74) is 0. The molecule has 0 bridgehead atoms. The number of carbonyl (C=O) groups is 1. The summed E-state index contributed by atoms with van der Waals surface area (Å²) >= 11 is 0. The Morgan fingerprint density at radius 2 is 2.07 bits per heavy atom. The molecular formula is C11H21NO2. The fourth-order valence-electron chi connectivity index (χ4n) is 2.09. The van der Waals surface area contributed by atoms with Crippen molar-refractivity contribution in [3.63, 3.8) is 0 Å². The molecule has 14 heavy (non-hydrogen) atoms. The number of likely N-dealkylation sites (tertiary alicyclic amines) is 1. The molecule has 1 aliphatic rings. The average Bonchev–Trinajstić information content (AvgIpc) is 2.21. The van der Waals surface area contributed by atoms with Gasteiger partial charge in [0.2, 0.25) is 0 Å². The average molecular weight is 199 g/mol. The lowest BCUT2D eigenvalue weighted by Gasteiger charge is -2.30. The summed E-state index contributed by atoms with van der Waals surface area (Å²) in [7, 11) is 1.45. The predicted molar refractivity (Wildman–Crippen MR) is 56.1 cm³/mol. The topological polar surface area (TPSA) is 29.5 Å². The van der Waals surface area contributed by atoms with Crippen molar-refractivity contribution in [2.45, 2.75) is 32.6 Å². The molecule has 0 N–H and O–H groups in total. The van der Waals surface area contributed by atoms with Gasteiger partial charge in [-0.15, -0.1) is 0 Å². The number of piperidine rings is 1. The Labute approximate surface area is 86.4 Å². The Bertz CT molecular complexity index is 174. The van der Waals surface area contributed by atoms with Crippen molar-refractivity contribution < 1.29 is 9.53 Å². The van der Waals surface area contributed by atoms with E-state index in [0.717, 1.165) is 19.0 Å². The Morgan fingerprint density at radius 3 is 2.57 bits per heavy atom. The van der Waals surface area contributed by atoms with Crippen molar-refractivity contribution in [3.05, 3.63) is 0 Å². The molecule has 0 unspecified atom stereocenters. The number of hydrogen-bond acceptors (Lipinski definition) is 3. The lowest BCUT2D eigenvalue weighted by molar-refractivity contribution is -0.142. The van der Waals surface area contributed by atoms with Crippen LogP contribution >= 0.6 is 0 Å². The van der Waals surface area contributed by atoms with Gasteiger partial charge in [-0.25, -0.2) is 0 Å². The van der Waals surface area contributed by atoms with Crippen LogP contribution in [0, 0.1) is 5.92 Å². The van der Waals surface area contributed by atoms with Crippen molar-refractivity contribution in [2.24, 2.45) is 5.92 Å². The van der Waals surface area contributed by atoms with Crippen molar-refractivity contribution in [1.82, 2.24) is 4.90 Å². The number of hydrogen-bond donors (Lipinski definition) is 0. The van der Waals surface area contributed by atoms with Crippen LogP contribution in [0.2, 0.25) is 0 Å². The largest absolute Gasteiger partial charge is 0.468 e. The third-order valence-electron chi connectivity index (χ3n) is 2.98. The molecule has 0 spiro atoms. The first kappa shape index (κ1) is 11.5. The Morgan fingerprint density at radius 1 is 1.43 bits per heavy atom. The minimum Gasteiger partial charge on any atom is -0.468 e. The van der Waals surface area contributed by atoms with Gasteiger partial charge in [-0.3, -0.25) is 9.69 Å². The summed E-state index contributed by atoms with van der Waals surface area (Å²) in [5, 5.41) is 0. The van der Waals surface area contributed by atoms with Crippen LogP contribution in [0.3, 0.4) is 0 Å². The van der Waals surface area contributed by atoms with Gasteiger partial charge in [-0.1, -0.05) is 19.8 Å². The molecule has 1 heterocycles. The molecule has 1 rings (SSSR count). The van der Waals surface area contributed by atoms with E-state index in [0.29, 0.717) is 6.54 Å². The van der Waals surface area contributed by atoms with E-state index >= 15 is 0 Å². The van der Waals surface area contributed by atoms with Gasteiger partial charge in [0.05, 0.1) is 13.7 Å². The maximum Gasteiger partial charge on any atom is 0.319 e. The van der Waals surface area contributed by atoms with Gasteiger partial charge in [0.15, 0.2) is 0 Å². The summed E-state index contributed by atoms with van der Waals surface area (Å²) in [6.07, 6.45) is 5.10. The second-order valence-electron chi connectivity index (χ2n) is 4.08. The van der Waals surface area contributed by atoms with Gasteiger partial charge in [-0.05, 0) is 31.8 Å². The molecule has 0 aromatic carbocycles. The maximum absolute atomic E-state index is 11.0. The second-order valence-corrected chi connectivity index (χ2v) is 4.08. The summed E-state index contributed by atoms with van der Waals surface area (Å²) in [5.74, 6) is 0.771. The van der Waals surface area contributed by atoms with Crippen molar-refractivity contribution in [3.8, 4) is 0 Å². The number of rotatable bonds is 4. The molecule has 82 valence electrons. The van der Waals surface area contributed by atoms with Crippen LogP contribution in [0.5, 0.6) is 0 Å². The molecule has 1 fully saturated rings. The van der Waals surface area contributed by atoms with Crippen LogP contribution in [0.1, 0.15) is 32.6 Å². The maximum atomic E-state index is 11.0. The van der Waals surface area contributed by atoms with E-state index in [1.807, 2.05) is 0 Å². The summed E-state index contributed by atoms with van der Waals surface area (Å²) in [6.45, 7) is 4.82. The van der Waals surface area contributed by atoms with E-state index in [-0.39, 0.29) is 5.97 Å². The van der Waals surface area contributed by atoms with Crippen LogP contribution < -0.4 is 0 Å². The molecule has 0 radical (unpaired) electrons. The second kappa shape index (κ2) is 6.02. The number of carbonyl (C=O) groups excluding carboxylic acids is 1. The molecule has 1 saturated heterocycles. The molecular weight excluding hydrogens is 178 g/mol. The summed E-state index contributed by atoms with van der Waals surface area (Å²) < 4.78 is 4.65. The zero-order valence-electron chi connectivity index (χ0n) is 9.29. The highest BCUT2D eigenvalue weighted by Gasteiger charge is 2.19. The van der Waals surface area contributed by atoms with Gasteiger partial charge in [0.1, 0.15) is 0 Å². The monoisotopic (exact) mass is 199 g/mol. The van der Waals surface area contributed by atoms with E-state index in [4.69, 9.17) is 0 Å². The molecule has 3 nitrogen and oxygen atoms in total. The van der Waals surface area contributed by atoms with Crippen molar-refractivity contribution >= 4 is 5.97 Å². The highest BCUT2D eigenvalue weighted by molar-refractivity contribution is 5.71. The first-order valence-electron chi connectivity index (χ1n) is 5.55. The Hall–Kier alpha value is -0.570. The quantitative estimate of drug-likeness (QED) is 0.645. The smallest absolute Gasteiger partial charge is 0.319 e. The molecule has 0 amide bonds. The lowest BCUT2D eigenvalue weighted by atomic mass is 9.92. The SMILES string of the molecule is CCCC1CCN(CC(=O)OC)CC1. The molecule has 0 saturated carbocycles. The van der Waals surface area contributed by atoms with Gasteiger partial charge in [-0.2, -0.15) is 0 Å². The van der Waals surface area contributed by atoms with E-state index in [1.165, 1.54) is 32.8 Å². The van der Waals surface area contributed by atoms with Crippen LogP contribution in [0.15, 0.2) is 0 Å². The summed E-state index contributed by atoms with van der Waals surface area (Å²) in [4.78, 5) is 13.2. The van der Waals surface area contributed by atoms with Crippen molar-refractivity contribution in [1.29, 1.82) is 0 Å². The van der Waals surface area contributed by atoms with Crippen LogP contribution in [0.4, 0.5) is 0 Å². The fraction of sp³-hybridized carbons (Fsp3) is 0.909. The Balaban J connectivity index is 2.18. The Kier molecular flexibility index (Phi) is 4.94. The minimum atomic E-state index is -0.112. The highest BCUT2D eigenvalue weighted by atomic mass is 16.5. The number of nitrogens with zero attached hydrogens (tertiary/aromatic N) is 1. The molecule has 0 aromatic heterocycles. The zero-order valence-corrected chi connectivity index (χ0v) is 9.29. The van der Waals surface area contributed by atoms with Crippen LogP contribution in [0.25, 0.3) is 0 Å². The number of methoxy groups -OCH3 is 1. The number of esters is 1. The van der Waals surface area contributed by atoms with Crippen LogP contribution in [-0.2, 0) is 9.53 Å². The minimum absolute atomic E-state index is 0.112. The van der Waals surface area contributed by atoms with E-state index in [1.54, 1.807) is 0 Å². The van der Waals surface area contributed by atoms with Crippen molar-refractivity contribution in [2.75, 3.05) is 26.7 Å². The normalized spacial score (nSPS) is 19.6. The van der Waals surface area contributed by atoms with E-state index < -0.39 is 0 Å². The first-order valence-corrected chi connectivity index (χ1v) is 5.55. The predicted octanol–water partition coefficient (Wildman–Crippen LogP) is 1.67. The van der Waals surface area contributed by atoms with E-state index in [9.17, 15) is 4.79 Å².